The smallest absolute Gasteiger partial charge is 0.254 e. The second-order valence-corrected chi connectivity index (χ2v) is 10.1. The summed E-state index contributed by atoms with van der Waals surface area (Å²) in [5.74, 6) is -2.57. The molecule has 14 heteroatoms. The van der Waals surface area contributed by atoms with Crippen LogP contribution in [0.1, 0.15) is 23.2 Å². The molecule has 192 valence electrons. The third-order valence-electron chi connectivity index (χ3n) is 5.55. The highest BCUT2D eigenvalue weighted by atomic mass is 32.2. The number of imide groups is 1. The SMILES string of the molecule is CN(c1ccccc1Nc1nc(Nc2cc(N3C(=O)CCC3=O)ccc2F)ncc1C(N)=O)S(C)(=O)=O. The van der Waals surface area contributed by atoms with Gasteiger partial charge in [-0.3, -0.25) is 23.6 Å². The van der Waals surface area contributed by atoms with E-state index in [4.69, 9.17) is 5.73 Å². The van der Waals surface area contributed by atoms with E-state index in [0.717, 1.165) is 27.7 Å². The summed E-state index contributed by atoms with van der Waals surface area (Å²) < 4.78 is 39.8. The van der Waals surface area contributed by atoms with Crippen LogP contribution < -0.4 is 25.6 Å². The Balaban J connectivity index is 1.70. The van der Waals surface area contributed by atoms with Crippen molar-refractivity contribution < 1.29 is 27.2 Å². The predicted molar refractivity (Wildman–Crippen MR) is 135 cm³/mol. The fourth-order valence-corrected chi connectivity index (χ4v) is 4.13. The van der Waals surface area contributed by atoms with Crippen molar-refractivity contribution in [3.8, 4) is 0 Å². The molecule has 3 aromatic rings. The average molecular weight is 528 g/mol. The van der Waals surface area contributed by atoms with Gasteiger partial charge in [-0.15, -0.1) is 0 Å². The van der Waals surface area contributed by atoms with Crippen LogP contribution in [0, 0.1) is 5.82 Å². The number of nitrogens with two attached hydrogens (primary N) is 1. The fourth-order valence-electron chi connectivity index (χ4n) is 3.61. The maximum absolute atomic E-state index is 14.6. The third-order valence-corrected chi connectivity index (χ3v) is 6.75. The number of nitrogens with zero attached hydrogens (tertiary/aromatic N) is 4. The molecule has 1 aliphatic rings. The number of aromatic nitrogens is 2. The van der Waals surface area contributed by atoms with Gasteiger partial charge in [0.05, 0.1) is 29.0 Å². The zero-order chi connectivity index (χ0) is 26.9. The van der Waals surface area contributed by atoms with Gasteiger partial charge in [-0.2, -0.15) is 4.98 Å². The van der Waals surface area contributed by atoms with Gasteiger partial charge in [0.15, 0.2) is 0 Å². The van der Waals surface area contributed by atoms with E-state index in [-0.39, 0.29) is 47.2 Å². The number of benzene rings is 2. The van der Waals surface area contributed by atoms with E-state index in [1.165, 1.54) is 19.2 Å². The lowest BCUT2D eigenvalue weighted by atomic mass is 10.2. The molecular weight excluding hydrogens is 505 g/mol. The molecule has 2 aromatic carbocycles. The molecule has 0 aliphatic carbocycles. The van der Waals surface area contributed by atoms with Crippen LogP contribution >= 0.6 is 0 Å². The molecule has 0 saturated carbocycles. The highest BCUT2D eigenvalue weighted by Gasteiger charge is 2.30. The molecule has 1 aliphatic heterocycles. The van der Waals surface area contributed by atoms with Crippen LogP contribution in [0.3, 0.4) is 0 Å². The van der Waals surface area contributed by atoms with Crippen LogP contribution in [-0.4, -0.2) is 49.4 Å². The van der Waals surface area contributed by atoms with Gasteiger partial charge in [-0.1, -0.05) is 12.1 Å². The van der Waals surface area contributed by atoms with Crippen LogP contribution in [0.25, 0.3) is 0 Å². The van der Waals surface area contributed by atoms with Crippen molar-refractivity contribution in [2.75, 3.05) is 33.1 Å². The van der Waals surface area contributed by atoms with Gasteiger partial charge in [0.2, 0.25) is 27.8 Å². The minimum absolute atomic E-state index is 0.0687. The summed E-state index contributed by atoms with van der Waals surface area (Å²) in [4.78, 5) is 45.4. The van der Waals surface area contributed by atoms with E-state index in [2.05, 4.69) is 20.6 Å². The first-order valence-corrected chi connectivity index (χ1v) is 12.7. The molecular formula is C23H22FN7O5S. The largest absolute Gasteiger partial charge is 0.365 e. The zero-order valence-corrected chi connectivity index (χ0v) is 20.5. The molecule has 0 unspecified atom stereocenters. The molecule has 12 nitrogen and oxygen atoms in total. The molecule has 3 amide bonds. The van der Waals surface area contributed by atoms with Crippen molar-refractivity contribution in [2.24, 2.45) is 5.73 Å². The van der Waals surface area contributed by atoms with Crippen LogP contribution in [0.15, 0.2) is 48.7 Å². The lowest BCUT2D eigenvalue weighted by Crippen LogP contribution is -2.28. The van der Waals surface area contributed by atoms with Crippen molar-refractivity contribution >= 4 is 62.3 Å². The van der Waals surface area contributed by atoms with Gasteiger partial charge in [-0.05, 0) is 30.3 Å². The topological polar surface area (TPSA) is 168 Å². The molecule has 1 saturated heterocycles. The molecule has 2 heterocycles. The first kappa shape index (κ1) is 25.5. The Morgan fingerprint density at radius 3 is 2.41 bits per heavy atom. The maximum Gasteiger partial charge on any atom is 0.254 e. The number of hydrogen-bond acceptors (Lipinski definition) is 9. The van der Waals surface area contributed by atoms with Crippen LogP contribution in [0.4, 0.5) is 38.9 Å². The number of primary amides is 1. The van der Waals surface area contributed by atoms with Crippen molar-refractivity contribution in [1.29, 1.82) is 0 Å². The Bertz CT molecular complexity index is 1510. The normalized spacial score (nSPS) is 13.5. The second-order valence-electron chi connectivity index (χ2n) is 8.10. The summed E-state index contributed by atoms with van der Waals surface area (Å²) in [5, 5.41) is 5.57. The highest BCUT2D eigenvalue weighted by molar-refractivity contribution is 7.92. The number of sulfonamides is 1. The van der Waals surface area contributed by atoms with Gasteiger partial charge in [0.25, 0.3) is 5.91 Å². The Labute approximate surface area is 211 Å². The monoisotopic (exact) mass is 527 g/mol. The van der Waals surface area contributed by atoms with Gasteiger partial charge >= 0.3 is 0 Å². The Hall–Kier alpha value is -4.59. The number of carbonyl (C=O) groups excluding carboxylic acids is 3. The molecule has 0 spiro atoms. The second kappa shape index (κ2) is 9.81. The summed E-state index contributed by atoms with van der Waals surface area (Å²) in [6, 6.07) is 10.1. The Kier molecular flexibility index (Phi) is 6.76. The minimum atomic E-state index is -3.61. The number of para-hydroxylation sites is 2. The summed E-state index contributed by atoms with van der Waals surface area (Å²) in [7, 11) is -2.24. The number of amides is 3. The highest BCUT2D eigenvalue weighted by Crippen LogP contribution is 2.31. The minimum Gasteiger partial charge on any atom is -0.365 e. The molecule has 4 rings (SSSR count). The van der Waals surface area contributed by atoms with Gasteiger partial charge in [-0.25, -0.2) is 17.8 Å². The lowest BCUT2D eigenvalue weighted by molar-refractivity contribution is -0.121. The van der Waals surface area contributed by atoms with E-state index in [9.17, 15) is 27.2 Å². The first-order valence-electron chi connectivity index (χ1n) is 10.8. The Morgan fingerprint density at radius 1 is 1.08 bits per heavy atom. The van der Waals surface area contributed by atoms with E-state index in [1.54, 1.807) is 24.3 Å². The Morgan fingerprint density at radius 2 is 1.76 bits per heavy atom. The number of nitrogens with one attached hydrogen (secondary N) is 2. The van der Waals surface area contributed by atoms with Gasteiger partial charge in [0, 0.05) is 26.1 Å². The fraction of sp³-hybridized carbons (Fsp3) is 0.174. The number of hydrogen-bond donors (Lipinski definition) is 3. The number of rotatable bonds is 8. The van der Waals surface area contributed by atoms with E-state index in [1.807, 2.05) is 0 Å². The van der Waals surface area contributed by atoms with Crippen molar-refractivity contribution in [3.63, 3.8) is 0 Å². The van der Waals surface area contributed by atoms with Crippen LogP contribution in [0.5, 0.6) is 0 Å². The van der Waals surface area contributed by atoms with Crippen LogP contribution in [0.2, 0.25) is 0 Å². The molecule has 0 radical (unpaired) electrons. The van der Waals surface area contributed by atoms with Crippen LogP contribution in [-0.2, 0) is 19.6 Å². The predicted octanol–water partition coefficient (Wildman–Crippen LogP) is 2.25. The van der Waals surface area contributed by atoms with Gasteiger partial charge in [0.1, 0.15) is 17.2 Å². The third kappa shape index (κ3) is 5.33. The standard InChI is InChI=1S/C23H22FN7O5S/c1-30(37(2,35)36)18-6-4-3-5-16(18)27-22-14(21(25)34)12-26-23(29-22)28-17-11-13(7-8-15(17)24)31-19(32)9-10-20(31)33/h3-8,11-12H,9-10H2,1-2H3,(H2,25,34)(H2,26,27,28,29). The molecule has 4 N–H and O–H groups in total. The number of anilines is 6. The zero-order valence-electron chi connectivity index (χ0n) is 19.7. The first-order chi connectivity index (χ1) is 17.5. The van der Waals surface area contributed by atoms with E-state index in [0.29, 0.717) is 5.69 Å². The van der Waals surface area contributed by atoms with Crippen molar-refractivity contribution in [2.45, 2.75) is 12.8 Å². The number of carbonyl (C=O) groups is 3. The maximum atomic E-state index is 14.6. The number of halogens is 1. The van der Waals surface area contributed by atoms with Gasteiger partial charge < -0.3 is 16.4 Å². The molecule has 37 heavy (non-hydrogen) atoms. The summed E-state index contributed by atoms with van der Waals surface area (Å²) in [6.45, 7) is 0. The summed E-state index contributed by atoms with van der Waals surface area (Å²) in [6.07, 6.45) is 2.30. The molecule has 1 aromatic heterocycles. The van der Waals surface area contributed by atoms with Crippen molar-refractivity contribution in [3.05, 3.63) is 60.0 Å². The molecule has 1 fully saturated rings. The quantitative estimate of drug-likeness (QED) is 0.372. The summed E-state index contributed by atoms with van der Waals surface area (Å²) >= 11 is 0. The lowest BCUT2D eigenvalue weighted by Gasteiger charge is -2.21. The van der Waals surface area contributed by atoms with E-state index >= 15 is 0 Å². The summed E-state index contributed by atoms with van der Waals surface area (Å²) in [5.41, 5.74) is 5.98. The van der Waals surface area contributed by atoms with E-state index < -0.39 is 33.6 Å². The molecule has 0 atom stereocenters. The molecule has 0 bridgehead atoms. The van der Waals surface area contributed by atoms with Crippen molar-refractivity contribution in [1.82, 2.24) is 9.97 Å². The average Bonchev–Trinajstić information content (AvgIpc) is 3.17.